The van der Waals surface area contributed by atoms with Crippen LogP contribution in [0.4, 0.5) is 4.39 Å². The molecule has 0 bridgehead atoms. The molecule has 0 N–H and O–H groups in total. The Kier molecular flexibility index (Phi) is 2.45. The molecule has 0 aliphatic heterocycles. The van der Waals surface area contributed by atoms with Gasteiger partial charge in [-0.2, -0.15) is 0 Å². The van der Waals surface area contributed by atoms with Crippen molar-refractivity contribution in [2.75, 3.05) is 0 Å². The minimum atomic E-state index is 0.500. The highest BCUT2D eigenvalue weighted by atomic mass is 18.2. The van der Waals surface area contributed by atoms with Gasteiger partial charge in [-0.1, -0.05) is 6.08 Å². The zero-order valence-corrected chi connectivity index (χ0v) is 2.53. The Bertz CT molecular complexity index is 18.5. The van der Waals surface area contributed by atoms with Crippen LogP contribution in [-0.2, 0) is 0 Å². The number of hydrogen-bond donors (Lipinski definition) is 0. The highest BCUT2D eigenvalue weighted by molar-refractivity contribution is 4.61. The number of rotatable bonds is 0. The van der Waals surface area contributed by atoms with Crippen LogP contribution >= 0.6 is 0 Å². The van der Waals surface area contributed by atoms with Crippen molar-refractivity contribution in [3.05, 3.63) is 12.4 Å². The third-order valence-corrected chi connectivity index (χ3v) is 0.126. The van der Waals surface area contributed by atoms with Gasteiger partial charge in [0.15, 0.2) is 0 Å². The molecule has 0 nitrogen and oxygen atoms in total. The lowest BCUT2D eigenvalue weighted by atomic mass is 10.8. The van der Waals surface area contributed by atoms with Crippen LogP contribution in [-0.4, -0.2) is 0 Å². The monoisotopic (exact) mass is 59.0 g/mol. The summed E-state index contributed by atoms with van der Waals surface area (Å²) in [6.07, 6.45) is 1.83. The van der Waals surface area contributed by atoms with Crippen LogP contribution in [0.15, 0.2) is 12.4 Å². The van der Waals surface area contributed by atoms with Gasteiger partial charge in [0.25, 0.3) is 0 Å². The summed E-state index contributed by atoms with van der Waals surface area (Å²) in [7, 11) is 0. The van der Waals surface area contributed by atoms with Gasteiger partial charge in [-0.3, -0.25) is 0 Å². The molecular formula is C3H5F. The molecule has 24 valence electrons. The lowest BCUT2D eigenvalue weighted by molar-refractivity contribution is 0.719. The predicted molar refractivity (Wildman–Crippen MR) is 15.9 cm³/mol. The number of allylic oxidation sites excluding steroid dienone is 1. The zero-order valence-electron chi connectivity index (χ0n) is 2.53. The molecule has 1 heteroatoms. The summed E-state index contributed by atoms with van der Waals surface area (Å²) < 4.78 is 10.5. The molecule has 0 atom stereocenters. The highest BCUT2D eigenvalue weighted by Gasteiger charge is 1.38. The molecule has 0 saturated heterocycles. The minimum absolute atomic E-state index is 0.500. The third kappa shape index (κ3) is 1.67. The van der Waals surface area contributed by atoms with E-state index in [9.17, 15) is 4.39 Å². The Morgan fingerprint density at radius 1 is 1.75 bits per heavy atom. The van der Waals surface area contributed by atoms with E-state index in [0.717, 1.165) is 0 Å². The van der Waals surface area contributed by atoms with E-state index >= 15 is 0 Å². The SMILES string of the molecule is C/C=C/[18F]. The van der Waals surface area contributed by atoms with E-state index in [1.165, 1.54) is 6.08 Å². The Balaban J connectivity index is 2.55. The molecule has 0 spiro atoms. The fourth-order valence-corrected chi connectivity index (χ4v) is 0. The minimum Gasteiger partial charge on any atom is -0.216 e. The largest absolute Gasteiger partial charge is 0.216 e. The Morgan fingerprint density at radius 2 is 2.00 bits per heavy atom. The second-order valence-corrected chi connectivity index (χ2v) is 0.459. The van der Waals surface area contributed by atoms with Crippen molar-refractivity contribution in [2.45, 2.75) is 6.92 Å². The van der Waals surface area contributed by atoms with Gasteiger partial charge in [0, 0.05) is 0 Å². The van der Waals surface area contributed by atoms with Crippen LogP contribution < -0.4 is 0 Å². The van der Waals surface area contributed by atoms with Gasteiger partial charge < -0.3 is 0 Å². The van der Waals surface area contributed by atoms with Crippen LogP contribution in [0.5, 0.6) is 0 Å². The van der Waals surface area contributed by atoms with Crippen LogP contribution in [0.25, 0.3) is 0 Å². The first-order valence-corrected chi connectivity index (χ1v) is 1.13. The van der Waals surface area contributed by atoms with Crippen molar-refractivity contribution in [2.24, 2.45) is 0 Å². The second-order valence-electron chi connectivity index (χ2n) is 0.459. The molecule has 0 saturated carbocycles. The molecule has 0 aromatic heterocycles. The zero-order chi connectivity index (χ0) is 3.41. The molecule has 0 unspecified atom stereocenters. The molecule has 0 heterocycles. The lowest BCUT2D eigenvalue weighted by Gasteiger charge is -1.45. The number of hydrogen-bond acceptors (Lipinski definition) is 0. The molecule has 0 rings (SSSR count). The van der Waals surface area contributed by atoms with E-state index in [0.29, 0.717) is 6.33 Å². The summed E-state index contributed by atoms with van der Waals surface area (Å²) in [6, 6.07) is 0. The van der Waals surface area contributed by atoms with Gasteiger partial charge in [0.2, 0.25) is 0 Å². The average molecular weight is 59.1 g/mol. The van der Waals surface area contributed by atoms with E-state index in [1.54, 1.807) is 6.92 Å². The molecule has 4 heavy (non-hydrogen) atoms. The van der Waals surface area contributed by atoms with Crippen LogP contribution in [0.3, 0.4) is 0 Å². The molecule has 0 aliphatic rings. The molecular weight excluding hydrogens is 54.0 g/mol. The predicted octanol–water partition coefficient (Wildman–Crippen LogP) is 1.49. The summed E-state index contributed by atoms with van der Waals surface area (Å²) in [5, 5.41) is 0. The Labute approximate surface area is 24.9 Å². The maximum atomic E-state index is 10.5. The summed E-state index contributed by atoms with van der Waals surface area (Å²) in [6.45, 7) is 1.62. The molecule has 0 aliphatic carbocycles. The maximum Gasteiger partial charge on any atom is 0.0824 e. The molecule has 0 aromatic rings. The van der Waals surface area contributed by atoms with Gasteiger partial charge in [-0.05, 0) is 6.92 Å². The summed E-state index contributed by atoms with van der Waals surface area (Å²) >= 11 is 0. The van der Waals surface area contributed by atoms with E-state index in [-0.39, 0.29) is 0 Å². The second kappa shape index (κ2) is 2.67. The Hall–Kier alpha value is -0.330. The van der Waals surface area contributed by atoms with Crippen LogP contribution in [0.1, 0.15) is 6.92 Å². The molecule has 0 amide bonds. The van der Waals surface area contributed by atoms with E-state index in [4.69, 9.17) is 0 Å². The number of halogens is 1. The molecule has 0 fully saturated rings. The van der Waals surface area contributed by atoms with Crippen molar-refractivity contribution in [3.63, 3.8) is 0 Å². The topological polar surface area (TPSA) is 0 Å². The van der Waals surface area contributed by atoms with Crippen molar-refractivity contribution < 1.29 is 4.39 Å². The molecule has 0 aromatic carbocycles. The standard InChI is InChI=1S/C3H5F/c1-2-3-4/h2-3H,1H3/b3-2+/i4-1. The van der Waals surface area contributed by atoms with Crippen molar-refractivity contribution in [1.29, 1.82) is 0 Å². The van der Waals surface area contributed by atoms with Gasteiger partial charge >= 0.3 is 0 Å². The maximum absolute atomic E-state index is 10.5. The summed E-state index contributed by atoms with van der Waals surface area (Å²) in [5.74, 6) is 0. The van der Waals surface area contributed by atoms with E-state index in [1.807, 2.05) is 0 Å². The van der Waals surface area contributed by atoms with Crippen molar-refractivity contribution in [3.8, 4) is 0 Å². The van der Waals surface area contributed by atoms with Crippen molar-refractivity contribution >= 4 is 0 Å². The smallest absolute Gasteiger partial charge is 0.0824 e. The fraction of sp³-hybridized carbons (Fsp3) is 0.333. The van der Waals surface area contributed by atoms with Gasteiger partial charge in [0.1, 0.15) is 0 Å². The molecule has 0 radical (unpaired) electrons. The van der Waals surface area contributed by atoms with E-state index in [2.05, 4.69) is 0 Å². The summed E-state index contributed by atoms with van der Waals surface area (Å²) in [5.41, 5.74) is 0. The van der Waals surface area contributed by atoms with E-state index < -0.39 is 0 Å². The van der Waals surface area contributed by atoms with Gasteiger partial charge in [-0.15, -0.1) is 0 Å². The first kappa shape index (κ1) is 3.67. The average Bonchev–Trinajstić information content (AvgIpc) is 1.37. The van der Waals surface area contributed by atoms with Gasteiger partial charge in [0.05, 0.1) is 6.33 Å². The third-order valence-electron chi connectivity index (χ3n) is 0.126. The quantitative estimate of drug-likeness (QED) is 0.396. The first-order chi connectivity index (χ1) is 1.91. The van der Waals surface area contributed by atoms with Crippen LogP contribution in [0.2, 0.25) is 0 Å². The van der Waals surface area contributed by atoms with Crippen molar-refractivity contribution in [1.82, 2.24) is 0 Å². The van der Waals surface area contributed by atoms with Crippen LogP contribution in [0, 0.1) is 0 Å². The Morgan fingerprint density at radius 3 is 2.00 bits per heavy atom. The first-order valence-electron chi connectivity index (χ1n) is 1.13. The van der Waals surface area contributed by atoms with Gasteiger partial charge in [-0.25, -0.2) is 4.39 Å². The lowest BCUT2D eigenvalue weighted by Crippen LogP contribution is -1.22. The normalized spacial score (nSPS) is 9.50. The highest BCUT2D eigenvalue weighted by Crippen LogP contribution is 1.62. The summed E-state index contributed by atoms with van der Waals surface area (Å²) in [4.78, 5) is 0. The fourth-order valence-electron chi connectivity index (χ4n) is 0.